The van der Waals surface area contributed by atoms with E-state index < -0.39 is 46.8 Å². The largest absolute Gasteiger partial charge is 0.344 e. The molecule has 1 aromatic rings. The van der Waals surface area contributed by atoms with Crippen molar-refractivity contribution in [1.82, 2.24) is 20.2 Å². The number of Topliss-reactive ketones (excluding diaryl/α,β-unsaturated/α-hetero) is 4. The quantitative estimate of drug-likeness (QED) is 0.138. The number of nitrogens with zero attached hydrogens (tertiary/aromatic N) is 3. The number of nitrogens with one attached hydrogen (secondary N) is 1. The van der Waals surface area contributed by atoms with Gasteiger partial charge in [-0.2, -0.15) is 0 Å². The van der Waals surface area contributed by atoms with Crippen molar-refractivity contribution < 1.29 is 28.8 Å². The van der Waals surface area contributed by atoms with E-state index in [0.717, 1.165) is 6.42 Å². The third-order valence-corrected chi connectivity index (χ3v) is 9.86. The van der Waals surface area contributed by atoms with Gasteiger partial charge >= 0.3 is 0 Å². The van der Waals surface area contributed by atoms with Gasteiger partial charge in [0, 0.05) is 50.0 Å². The minimum absolute atomic E-state index is 0.00963. The highest BCUT2D eigenvalue weighted by Crippen LogP contribution is 2.41. The Morgan fingerprint density at radius 3 is 2.28 bits per heavy atom. The van der Waals surface area contributed by atoms with Crippen molar-refractivity contribution in [2.45, 2.75) is 112 Å². The van der Waals surface area contributed by atoms with Gasteiger partial charge in [-0.3, -0.25) is 33.8 Å². The van der Waals surface area contributed by atoms with Crippen LogP contribution in [0.1, 0.15) is 111 Å². The molecule has 7 atom stereocenters. The number of amides is 2. The van der Waals surface area contributed by atoms with Crippen LogP contribution in [0.2, 0.25) is 0 Å². The predicted molar refractivity (Wildman–Crippen MR) is 179 cm³/mol. The van der Waals surface area contributed by atoms with Crippen LogP contribution in [0.15, 0.2) is 30.7 Å². The lowest BCUT2D eigenvalue weighted by molar-refractivity contribution is -0.146. The molecule has 3 rings (SSSR count). The van der Waals surface area contributed by atoms with Crippen LogP contribution in [-0.4, -0.2) is 68.4 Å². The first-order chi connectivity index (χ1) is 22.1. The molecule has 0 saturated carbocycles. The number of likely N-dealkylation sites (tertiary alicyclic amines) is 1. The number of rotatable bonds is 17. The highest BCUT2D eigenvalue weighted by Gasteiger charge is 2.51. The van der Waals surface area contributed by atoms with Gasteiger partial charge in [0.2, 0.25) is 17.6 Å². The zero-order valence-corrected chi connectivity index (χ0v) is 29.5. The van der Waals surface area contributed by atoms with Crippen LogP contribution in [0.25, 0.3) is 0 Å². The van der Waals surface area contributed by atoms with Crippen LogP contribution in [0.3, 0.4) is 0 Å². The smallest absolute Gasteiger partial charge is 0.246 e. The molecule has 1 aliphatic heterocycles. The van der Waals surface area contributed by atoms with Crippen molar-refractivity contribution in [3.63, 3.8) is 0 Å². The molecule has 1 fully saturated rings. The first-order valence-electron chi connectivity index (χ1n) is 17.3. The van der Waals surface area contributed by atoms with Gasteiger partial charge in [0.1, 0.15) is 11.7 Å². The summed E-state index contributed by atoms with van der Waals surface area (Å²) in [6.07, 6.45) is 10.8. The van der Waals surface area contributed by atoms with Gasteiger partial charge in [0.25, 0.3) is 0 Å². The number of fused-ring (bicyclic) bond motifs is 1. The van der Waals surface area contributed by atoms with E-state index in [2.05, 4.69) is 15.3 Å². The fraction of sp³-hybridized carbons (Fsp3) is 0.676. The molecule has 1 aliphatic carbocycles. The number of carbonyl (C=O) groups is 6. The Hall–Kier alpha value is -3.56. The predicted octanol–water partition coefficient (Wildman–Crippen LogP) is 5.21. The van der Waals surface area contributed by atoms with E-state index in [-0.39, 0.29) is 66.1 Å². The Bertz CT molecular complexity index is 1330. The molecule has 10 heteroatoms. The average molecular weight is 651 g/mol. The van der Waals surface area contributed by atoms with Crippen LogP contribution in [-0.2, 0) is 24.0 Å². The topological polar surface area (TPSA) is 143 Å². The molecule has 2 aliphatic rings. The number of hydrogen-bond acceptors (Lipinski definition) is 8. The van der Waals surface area contributed by atoms with Gasteiger partial charge in [-0.25, -0.2) is 4.98 Å². The summed E-state index contributed by atoms with van der Waals surface area (Å²) in [5.41, 5.74) is -0.540. The zero-order valence-electron chi connectivity index (χ0n) is 29.5. The molecule has 0 radical (unpaired) electrons. The van der Waals surface area contributed by atoms with Crippen molar-refractivity contribution in [2.75, 3.05) is 6.54 Å². The Balaban J connectivity index is 1.85. The van der Waals surface area contributed by atoms with Gasteiger partial charge in [-0.15, -0.1) is 0 Å². The third-order valence-electron chi connectivity index (χ3n) is 9.86. The molecule has 258 valence electrons. The fourth-order valence-corrected chi connectivity index (χ4v) is 6.77. The van der Waals surface area contributed by atoms with Gasteiger partial charge in [-0.05, 0) is 41.9 Å². The van der Waals surface area contributed by atoms with Gasteiger partial charge in [-0.1, -0.05) is 80.4 Å². The SMILES string of the molecule is CCCC(CC(=O)[C@@H]1[C@H]2CC=C[C@H]2CN1C(=O)[C@@H](NC(=O)[C@H](CC(=O)c1cnccn1)C(C)C)C(C)(C)C)C(=O)C(=O)C[C@@H](C)CC. The maximum atomic E-state index is 14.4. The molecule has 1 aromatic heterocycles. The second-order valence-corrected chi connectivity index (χ2v) is 15.0. The lowest BCUT2D eigenvalue weighted by Gasteiger charge is -2.37. The fourth-order valence-electron chi connectivity index (χ4n) is 6.77. The van der Waals surface area contributed by atoms with Crippen LogP contribution in [0.4, 0.5) is 0 Å². The van der Waals surface area contributed by atoms with Gasteiger partial charge in [0.05, 0.1) is 12.2 Å². The van der Waals surface area contributed by atoms with E-state index in [0.29, 0.717) is 25.8 Å². The van der Waals surface area contributed by atoms with E-state index in [4.69, 9.17) is 0 Å². The Labute approximate surface area is 279 Å². The monoisotopic (exact) mass is 650 g/mol. The number of carbonyl (C=O) groups excluding carboxylic acids is 6. The second kappa shape index (κ2) is 16.5. The number of ketones is 4. The molecule has 1 N–H and O–H groups in total. The van der Waals surface area contributed by atoms with Crippen molar-refractivity contribution in [3.8, 4) is 0 Å². The van der Waals surface area contributed by atoms with Gasteiger partial charge < -0.3 is 10.2 Å². The zero-order chi connectivity index (χ0) is 35.1. The lowest BCUT2D eigenvalue weighted by atomic mass is 9.82. The van der Waals surface area contributed by atoms with Crippen LogP contribution < -0.4 is 5.32 Å². The van der Waals surface area contributed by atoms with Crippen molar-refractivity contribution in [1.29, 1.82) is 0 Å². The highest BCUT2D eigenvalue weighted by molar-refractivity contribution is 6.38. The minimum Gasteiger partial charge on any atom is -0.344 e. The molecule has 2 amide bonds. The minimum atomic E-state index is -0.967. The number of hydrogen-bond donors (Lipinski definition) is 1. The first-order valence-corrected chi connectivity index (χ1v) is 17.3. The van der Waals surface area contributed by atoms with Crippen LogP contribution >= 0.6 is 0 Å². The summed E-state index contributed by atoms with van der Waals surface area (Å²) in [4.78, 5) is 91.0. The Kier molecular flexibility index (Phi) is 13.3. The molecule has 2 heterocycles. The van der Waals surface area contributed by atoms with E-state index >= 15 is 0 Å². The molecular weight excluding hydrogens is 596 g/mol. The summed E-state index contributed by atoms with van der Waals surface area (Å²) in [7, 11) is 0. The van der Waals surface area contributed by atoms with Gasteiger partial charge in [0.15, 0.2) is 17.3 Å². The summed E-state index contributed by atoms with van der Waals surface area (Å²) in [5, 5.41) is 2.97. The molecule has 0 spiro atoms. The summed E-state index contributed by atoms with van der Waals surface area (Å²) >= 11 is 0. The maximum absolute atomic E-state index is 14.4. The maximum Gasteiger partial charge on any atom is 0.246 e. The molecule has 47 heavy (non-hydrogen) atoms. The van der Waals surface area contributed by atoms with Crippen molar-refractivity contribution >= 4 is 34.9 Å². The summed E-state index contributed by atoms with van der Waals surface area (Å²) in [5.74, 6) is -3.90. The lowest BCUT2D eigenvalue weighted by Crippen LogP contribution is -2.58. The standard InChI is InChI=1S/C37H54N4O6/c1-9-12-24(33(45)31(44)17-23(5)10-2)18-30(43)32-26-14-11-13-25(26)21-41(32)36(47)34(37(6,7)8)40-35(46)27(22(3)4)19-29(42)28-20-38-15-16-39-28/h11,13,15-16,20,22-27,32,34H,9-10,12,14,17-19,21H2,1-8H3,(H,40,46)/t23-,24?,25-,26-,27+,32-,34+/m0/s1. The number of aromatic nitrogens is 2. The summed E-state index contributed by atoms with van der Waals surface area (Å²) in [6, 6.07) is -1.73. The van der Waals surface area contributed by atoms with Crippen molar-refractivity contribution in [2.24, 2.45) is 40.9 Å². The summed E-state index contributed by atoms with van der Waals surface area (Å²) in [6.45, 7) is 15.4. The molecule has 1 saturated heterocycles. The van der Waals surface area contributed by atoms with E-state index in [1.54, 1.807) is 4.90 Å². The van der Waals surface area contributed by atoms with E-state index in [9.17, 15) is 28.8 Å². The van der Waals surface area contributed by atoms with E-state index in [1.807, 2.05) is 67.5 Å². The normalized spacial score (nSPS) is 21.6. The average Bonchev–Trinajstić information content (AvgIpc) is 3.62. The van der Waals surface area contributed by atoms with Crippen molar-refractivity contribution in [3.05, 3.63) is 36.4 Å². The van der Waals surface area contributed by atoms with Crippen LogP contribution in [0, 0.1) is 40.9 Å². The molecule has 0 aromatic carbocycles. The van der Waals surface area contributed by atoms with E-state index in [1.165, 1.54) is 18.6 Å². The Morgan fingerprint density at radius 2 is 1.70 bits per heavy atom. The first kappa shape index (κ1) is 37.9. The number of allylic oxidation sites excluding steroid dienone is 1. The molecular formula is C37H54N4O6. The third kappa shape index (κ3) is 9.51. The second-order valence-electron chi connectivity index (χ2n) is 15.0. The van der Waals surface area contributed by atoms with Crippen LogP contribution in [0.5, 0.6) is 0 Å². The highest BCUT2D eigenvalue weighted by atomic mass is 16.2. The molecule has 10 nitrogen and oxygen atoms in total. The summed E-state index contributed by atoms with van der Waals surface area (Å²) < 4.78 is 0. The molecule has 0 bridgehead atoms. The Morgan fingerprint density at radius 1 is 1.00 bits per heavy atom. The molecule has 1 unspecified atom stereocenters.